The monoisotopic (exact) mass is 310 g/mol. The third-order valence-corrected chi connectivity index (χ3v) is 5.69. The van der Waals surface area contributed by atoms with Crippen LogP contribution in [-0.4, -0.2) is 66.2 Å². The fraction of sp³-hybridized carbons (Fsp3) is 0.875. The average Bonchev–Trinajstić information content (AvgIpc) is 3.00. The van der Waals surface area contributed by atoms with Gasteiger partial charge in [-0.2, -0.15) is 0 Å². The Bertz CT molecular complexity index is 488. The average molecular weight is 310 g/mol. The van der Waals surface area contributed by atoms with Crippen LogP contribution in [0.2, 0.25) is 0 Å². The molecule has 2 amide bonds. The van der Waals surface area contributed by atoms with Crippen LogP contribution in [0.4, 0.5) is 4.39 Å². The second-order valence-electron chi connectivity index (χ2n) is 7.18. The summed E-state index contributed by atoms with van der Waals surface area (Å²) in [6.45, 7) is 3.08. The number of hydrogen-bond acceptors (Lipinski definition) is 3. The number of fused-ring (bicyclic) bond motifs is 1. The zero-order chi connectivity index (χ0) is 15.3. The SMILES string of the molecule is O=C([C@@H]1CN(C(=O)C2(F)CC2)C[C@H]2OCC[C@H]21)N1CCCC1. The van der Waals surface area contributed by atoms with Crippen molar-refractivity contribution in [1.82, 2.24) is 9.80 Å². The number of nitrogens with zero attached hydrogens (tertiary/aromatic N) is 2. The predicted octanol–water partition coefficient (Wildman–Crippen LogP) is 0.974. The van der Waals surface area contributed by atoms with Gasteiger partial charge in [0.05, 0.1) is 12.0 Å². The van der Waals surface area contributed by atoms with Gasteiger partial charge < -0.3 is 14.5 Å². The first kappa shape index (κ1) is 14.4. The Morgan fingerprint density at radius 3 is 2.50 bits per heavy atom. The minimum absolute atomic E-state index is 0.100. The molecule has 3 aliphatic heterocycles. The van der Waals surface area contributed by atoms with Crippen LogP contribution in [0.1, 0.15) is 32.1 Å². The number of halogens is 1. The first-order chi connectivity index (χ1) is 10.6. The summed E-state index contributed by atoms with van der Waals surface area (Å²) < 4.78 is 19.8. The number of ether oxygens (including phenoxy) is 1. The van der Waals surface area contributed by atoms with E-state index in [9.17, 15) is 14.0 Å². The van der Waals surface area contributed by atoms with Gasteiger partial charge in [-0.1, -0.05) is 0 Å². The largest absolute Gasteiger partial charge is 0.376 e. The number of alkyl halides is 1. The molecule has 0 radical (unpaired) electrons. The van der Waals surface area contributed by atoms with Crippen molar-refractivity contribution >= 4 is 11.8 Å². The summed E-state index contributed by atoms with van der Waals surface area (Å²) in [6, 6.07) is 0. The van der Waals surface area contributed by atoms with Gasteiger partial charge in [-0.25, -0.2) is 4.39 Å². The van der Waals surface area contributed by atoms with Crippen molar-refractivity contribution < 1.29 is 18.7 Å². The lowest BCUT2D eigenvalue weighted by atomic mass is 9.81. The minimum Gasteiger partial charge on any atom is -0.376 e. The van der Waals surface area contributed by atoms with E-state index in [-0.39, 0.29) is 23.8 Å². The van der Waals surface area contributed by atoms with Gasteiger partial charge in [-0.15, -0.1) is 0 Å². The molecular formula is C16H23FN2O3. The van der Waals surface area contributed by atoms with E-state index >= 15 is 0 Å². The van der Waals surface area contributed by atoms with E-state index in [2.05, 4.69) is 0 Å². The number of piperidine rings is 1. The summed E-state index contributed by atoms with van der Waals surface area (Å²) in [5.74, 6) is -0.322. The van der Waals surface area contributed by atoms with Gasteiger partial charge in [0.25, 0.3) is 5.91 Å². The molecular weight excluding hydrogens is 287 g/mol. The molecule has 1 saturated carbocycles. The number of hydrogen-bond donors (Lipinski definition) is 0. The van der Waals surface area contributed by atoms with Crippen LogP contribution in [0, 0.1) is 11.8 Å². The molecule has 22 heavy (non-hydrogen) atoms. The molecule has 3 saturated heterocycles. The van der Waals surface area contributed by atoms with Gasteiger partial charge in [0.1, 0.15) is 0 Å². The van der Waals surface area contributed by atoms with Gasteiger partial charge in [-0.05, 0) is 32.1 Å². The Morgan fingerprint density at radius 2 is 1.82 bits per heavy atom. The van der Waals surface area contributed by atoms with Crippen LogP contribution in [-0.2, 0) is 14.3 Å². The van der Waals surface area contributed by atoms with Crippen LogP contribution in [0.5, 0.6) is 0 Å². The normalized spacial score (nSPS) is 36.3. The van der Waals surface area contributed by atoms with E-state index in [4.69, 9.17) is 4.74 Å². The fourth-order valence-corrected chi connectivity index (χ4v) is 4.18. The number of rotatable bonds is 2. The van der Waals surface area contributed by atoms with Crippen molar-refractivity contribution in [2.45, 2.75) is 43.9 Å². The molecule has 0 aromatic carbocycles. The highest BCUT2D eigenvalue weighted by atomic mass is 19.1. The summed E-state index contributed by atoms with van der Waals surface area (Å²) in [6.07, 6.45) is 3.52. The lowest BCUT2D eigenvalue weighted by Crippen LogP contribution is -2.56. The molecule has 6 heteroatoms. The van der Waals surface area contributed by atoms with Crippen molar-refractivity contribution in [1.29, 1.82) is 0 Å². The van der Waals surface area contributed by atoms with Crippen LogP contribution in [0.25, 0.3) is 0 Å². The molecule has 5 nitrogen and oxygen atoms in total. The van der Waals surface area contributed by atoms with Gasteiger partial charge >= 0.3 is 0 Å². The molecule has 4 aliphatic rings. The third-order valence-electron chi connectivity index (χ3n) is 5.69. The van der Waals surface area contributed by atoms with Gasteiger partial charge in [-0.3, -0.25) is 9.59 Å². The zero-order valence-corrected chi connectivity index (χ0v) is 12.8. The van der Waals surface area contributed by atoms with Crippen LogP contribution < -0.4 is 0 Å². The molecule has 3 heterocycles. The molecule has 4 rings (SSSR count). The molecule has 0 aromatic heterocycles. The number of amides is 2. The van der Waals surface area contributed by atoms with Crippen LogP contribution in [0.3, 0.4) is 0 Å². The maximum absolute atomic E-state index is 14.1. The lowest BCUT2D eigenvalue weighted by Gasteiger charge is -2.41. The Hall–Kier alpha value is -1.17. The van der Waals surface area contributed by atoms with Crippen LogP contribution >= 0.6 is 0 Å². The van der Waals surface area contributed by atoms with E-state index in [0.29, 0.717) is 32.5 Å². The second kappa shape index (κ2) is 5.18. The number of carbonyl (C=O) groups is 2. The maximum atomic E-state index is 14.1. The van der Waals surface area contributed by atoms with E-state index in [0.717, 1.165) is 32.4 Å². The maximum Gasteiger partial charge on any atom is 0.260 e. The summed E-state index contributed by atoms with van der Waals surface area (Å²) in [5.41, 5.74) is -1.66. The van der Waals surface area contributed by atoms with E-state index in [1.165, 1.54) is 0 Å². The number of carbonyl (C=O) groups excluding carboxylic acids is 2. The highest BCUT2D eigenvalue weighted by Crippen LogP contribution is 2.43. The molecule has 0 spiro atoms. The lowest BCUT2D eigenvalue weighted by molar-refractivity contribution is -0.150. The number of likely N-dealkylation sites (tertiary alicyclic amines) is 2. The summed E-state index contributed by atoms with van der Waals surface area (Å²) in [4.78, 5) is 28.6. The van der Waals surface area contributed by atoms with Crippen molar-refractivity contribution in [3.63, 3.8) is 0 Å². The van der Waals surface area contributed by atoms with E-state index < -0.39 is 11.6 Å². The minimum atomic E-state index is -1.66. The predicted molar refractivity (Wildman–Crippen MR) is 76.8 cm³/mol. The van der Waals surface area contributed by atoms with Crippen LogP contribution in [0.15, 0.2) is 0 Å². The van der Waals surface area contributed by atoms with Crippen molar-refractivity contribution in [2.75, 3.05) is 32.8 Å². The van der Waals surface area contributed by atoms with Crippen molar-refractivity contribution in [3.05, 3.63) is 0 Å². The summed E-state index contributed by atoms with van der Waals surface area (Å²) in [7, 11) is 0. The molecule has 1 aliphatic carbocycles. The molecule has 0 N–H and O–H groups in total. The first-order valence-electron chi connectivity index (χ1n) is 8.47. The molecule has 0 bridgehead atoms. The van der Waals surface area contributed by atoms with Crippen molar-refractivity contribution in [3.8, 4) is 0 Å². The van der Waals surface area contributed by atoms with Gasteiger partial charge in [0.2, 0.25) is 5.91 Å². The fourth-order valence-electron chi connectivity index (χ4n) is 4.18. The molecule has 0 aromatic rings. The Morgan fingerprint density at radius 1 is 1.09 bits per heavy atom. The first-order valence-corrected chi connectivity index (χ1v) is 8.47. The Labute approximate surface area is 129 Å². The van der Waals surface area contributed by atoms with E-state index in [1.54, 1.807) is 4.90 Å². The van der Waals surface area contributed by atoms with Gasteiger partial charge in [0, 0.05) is 38.7 Å². The third kappa shape index (κ3) is 2.32. The van der Waals surface area contributed by atoms with E-state index in [1.807, 2.05) is 4.90 Å². The van der Waals surface area contributed by atoms with Gasteiger partial charge in [0.15, 0.2) is 5.67 Å². The standard InChI is InChI=1S/C16H23FN2O3/c17-16(4-5-16)15(21)19-9-12(11-3-8-22-13(11)10-19)14(20)18-6-1-2-7-18/h11-13H,1-10H2/t11-,12+,13+/m0/s1. The highest BCUT2D eigenvalue weighted by molar-refractivity contribution is 5.89. The Kier molecular flexibility index (Phi) is 3.40. The summed E-state index contributed by atoms with van der Waals surface area (Å²) in [5, 5.41) is 0. The molecule has 0 unspecified atom stereocenters. The Balaban J connectivity index is 1.53. The molecule has 4 fully saturated rings. The smallest absolute Gasteiger partial charge is 0.260 e. The quantitative estimate of drug-likeness (QED) is 0.764. The molecule has 122 valence electrons. The van der Waals surface area contributed by atoms with Crippen molar-refractivity contribution in [2.24, 2.45) is 11.8 Å². The molecule has 3 atom stereocenters. The highest BCUT2D eigenvalue weighted by Gasteiger charge is 2.55. The summed E-state index contributed by atoms with van der Waals surface area (Å²) >= 11 is 0. The topological polar surface area (TPSA) is 49.9 Å². The second-order valence-corrected chi connectivity index (χ2v) is 7.18. The zero-order valence-electron chi connectivity index (χ0n) is 12.8.